The fraction of sp³-hybridized carbons (Fsp3) is 0.111. The van der Waals surface area contributed by atoms with Crippen molar-refractivity contribution in [1.29, 1.82) is 0 Å². The smallest absolute Gasteiger partial charge is 0.253 e. The summed E-state index contributed by atoms with van der Waals surface area (Å²) in [4.78, 5) is 16.5. The van der Waals surface area contributed by atoms with Gasteiger partial charge in [0.05, 0.1) is 12.2 Å². The molecule has 116 valence electrons. The minimum absolute atomic E-state index is 0.306. The minimum atomic E-state index is -1.16. The fourth-order valence-electron chi connectivity index (χ4n) is 2.18. The Morgan fingerprint density at radius 1 is 1.09 bits per heavy atom. The van der Waals surface area contributed by atoms with Crippen LogP contribution in [0.3, 0.4) is 0 Å². The predicted molar refractivity (Wildman–Crippen MR) is 90.8 cm³/mol. The van der Waals surface area contributed by atoms with Crippen molar-refractivity contribution in [1.82, 2.24) is 10.3 Å². The van der Waals surface area contributed by atoms with Crippen LogP contribution in [0.4, 0.5) is 0 Å². The Hall–Kier alpha value is -2.50. The van der Waals surface area contributed by atoms with Gasteiger partial charge in [-0.3, -0.25) is 4.79 Å². The van der Waals surface area contributed by atoms with Crippen LogP contribution in [0.15, 0.2) is 66.0 Å². The molecule has 3 aromatic rings. The Morgan fingerprint density at radius 3 is 2.43 bits per heavy atom. The lowest BCUT2D eigenvalue weighted by Crippen LogP contribution is -2.28. The standard InChI is InChI=1S/C18H16N2O2S/c21-17(14-9-5-2-6-10-14)18(22)19-11-16-20-15(12-23-16)13-7-3-1-4-8-13/h1-10,12,17,21H,11H2,(H,19,22). The van der Waals surface area contributed by atoms with Gasteiger partial charge in [-0.05, 0) is 5.56 Å². The molecule has 5 heteroatoms. The second kappa shape index (κ2) is 7.17. The number of aliphatic hydroxyl groups is 1. The fourth-order valence-corrected chi connectivity index (χ4v) is 2.92. The Morgan fingerprint density at radius 2 is 1.74 bits per heavy atom. The second-order valence-corrected chi connectivity index (χ2v) is 5.97. The van der Waals surface area contributed by atoms with Crippen molar-refractivity contribution in [3.8, 4) is 11.3 Å². The first-order chi connectivity index (χ1) is 11.2. The van der Waals surface area contributed by atoms with Gasteiger partial charge in [-0.1, -0.05) is 60.7 Å². The number of amides is 1. The second-order valence-electron chi connectivity index (χ2n) is 5.02. The summed E-state index contributed by atoms with van der Waals surface area (Å²) in [5.41, 5.74) is 2.52. The molecular weight excluding hydrogens is 308 g/mol. The van der Waals surface area contributed by atoms with Crippen molar-refractivity contribution >= 4 is 17.2 Å². The summed E-state index contributed by atoms with van der Waals surface area (Å²) in [6.45, 7) is 0.306. The number of aromatic nitrogens is 1. The number of benzene rings is 2. The zero-order chi connectivity index (χ0) is 16.1. The lowest BCUT2D eigenvalue weighted by molar-refractivity contribution is -0.129. The number of nitrogens with one attached hydrogen (secondary N) is 1. The molecule has 1 heterocycles. The van der Waals surface area contributed by atoms with E-state index in [9.17, 15) is 9.90 Å². The van der Waals surface area contributed by atoms with Gasteiger partial charge in [0, 0.05) is 10.9 Å². The molecule has 0 aliphatic heterocycles. The first-order valence-electron chi connectivity index (χ1n) is 7.24. The van der Waals surface area contributed by atoms with E-state index in [0.29, 0.717) is 12.1 Å². The zero-order valence-electron chi connectivity index (χ0n) is 12.3. The lowest BCUT2D eigenvalue weighted by Gasteiger charge is -2.10. The number of carbonyl (C=O) groups is 1. The van der Waals surface area contributed by atoms with Crippen molar-refractivity contribution in [2.45, 2.75) is 12.6 Å². The van der Waals surface area contributed by atoms with E-state index in [2.05, 4.69) is 10.3 Å². The maximum absolute atomic E-state index is 12.0. The van der Waals surface area contributed by atoms with E-state index in [-0.39, 0.29) is 0 Å². The van der Waals surface area contributed by atoms with E-state index in [1.165, 1.54) is 11.3 Å². The number of aliphatic hydroxyl groups excluding tert-OH is 1. The van der Waals surface area contributed by atoms with Gasteiger partial charge in [-0.15, -0.1) is 11.3 Å². The highest BCUT2D eigenvalue weighted by atomic mass is 32.1. The zero-order valence-corrected chi connectivity index (χ0v) is 13.2. The van der Waals surface area contributed by atoms with Crippen molar-refractivity contribution in [2.75, 3.05) is 0 Å². The Bertz CT molecular complexity index is 772. The van der Waals surface area contributed by atoms with Crippen LogP contribution in [0.25, 0.3) is 11.3 Å². The monoisotopic (exact) mass is 324 g/mol. The number of thiazole rings is 1. The van der Waals surface area contributed by atoms with E-state index in [0.717, 1.165) is 16.3 Å². The number of nitrogens with zero attached hydrogens (tertiary/aromatic N) is 1. The minimum Gasteiger partial charge on any atom is -0.378 e. The Balaban J connectivity index is 1.61. The van der Waals surface area contributed by atoms with Crippen LogP contribution < -0.4 is 5.32 Å². The van der Waals surface area contributed by atoms with Crippen LogP contribution in [0.2, 0.25) is 0 Å². The molecule has 0 saturated carbocycles. The average Bonchev–Trinajstić information content (AvgIpc) is 3.09. The van der Waals surface area contributed by atoms with Crippen molar-refractivity contribution in [3.05, 3.63) is 76.6 Å². The molecule has 1 amide bonds. The van der Waals surface area contributed by atoms with Gasteiger partial charge in [-0.25, -0.2) is 4.98 Å². The van der Waals surface area contributed by atoms with Crippen LogP contribution in [-0.2, 0) is 11.3 Å². The molecule has 0 radical (unpaired) electrons. The number of carbonyl (C=O) groups excluding carboxylic acids is 1. The lowest BCUT2D eigenvalue weighted by atomic mass is 10.1. The van der Waals surface area contributed by atoms with Gasteiger partial charge in [0.1, 0.15) is 5.01 Å². The first-order valence-corrected chi connectivity index (χ1v) is 8.12. The van der Waals surface area contributed by atoms with E-state index >= 15 is 0 Å². The van der Waals surface area contributed by atoms with E-state index < -0.39 is 12.0 Å². The third kappa shape index (κ3) is 3.83. The molecule has 4 nitrogen and oxygen atoms in total. The van der Waals surface area contributed by atoms with Crippen LogP contribution in [-0.4, -0.2) is 16.0 Å². The predicted octanol–water partition coefficient (Wildman–Crippen LogP) is 3.16. The van der Waals surface area contributed by atoms with Gasteiger partial charge < -0.3 is 10.4 Å². The average molecular weight is 324 g/mol. The summed E-state index contributed by atoms with van der Waals surface area (Å²) >= 11 is 1.49. The van der Waals surface area contributed by atoms with Gasteiger partial charge in [-0.2, -0.15) is 0 Å². The van der Waals surface area contributed by atoms with Crippen LogP contribution in [0.1, 0.15) is 16.7 Å². The molecular formula is C18H16N2O2S. The molecule has 2 N–H and O–H groups in total. The van der Waals surface area contributed by atoms with E-state index in [1.807, 2.05) is 41.8 Å². The summed E-state index contributed by atoms with van der Waals surface area (Å²) < 4.78 is 0. The number of hydrogen-bond donors (Lipinski definition) is 2. The maximum atomic E-state index is 12.0. The first kappa shape index (κ1) is 15.4. The van der Waals surface area contributed by atoms with Gasteiger partial charge in [0.25, 0.3) is 5.91 Å². The highest BCUT2D eigenvalue weighted by Crippen LogP contribution is 2.21. The Labute approximate surface area is 138 Å². The summed E-state index contributed by atoms with van der Waals surface area (Å²) in [5, 5.41) is 15.5. The molecule has 1 atom stereocenters. The molecule has 3 rings (SSSR count). The quantitative estimate of drug-likeness (QED) is 0.758. The van der Waals surface area contributed by atoms with E-state index in [1.54, 1.807) is 24.3 Å². The molecule has 1 aromatic heterocycles. The third-order valence-electron chi connectivity index (χ3n) is 3.40. The molecule has 0 bridgehead atoms. The molecule has 1 unspecified atom stereocenters. The van der Waals surface area contributed by atoms with Gasteiger partial charge >= 0.3 is 0 Å². The summed E-state index contributed by atoms with van der Waals surface area (Å²) in [5.74, 6) is -0.423. The number of rotatable bonds is 5. The van der Waals surface area contributed by atoms with Crippen LogP contribution in [0.5, 0.6) is 0 Å². The topological polar surface area (TPSA) is 62.2 Å². The van der Waals surface area contributed by atoms with Crippen molar-refractivity contribution < 1.29 is 9.90 Å². The number of hydrogen-bond acceptors (Lipinski definition) is 4. The highest BCUT2D eigenvalue weighted by Gasteiger charge is 2.17. The normalized spacial score (nSPS) is 11.9. The summed E-state index contributed by atoms with van der Waals surface area (Å²) in [6.07, 6.45) is -1.16. The van der Waals surface area contributed by atoms with Crippen LogP contribution >= 0.6 is 11.3 Å². The summed E-state index contributed by atoms with van der Waals surface area (Å²) in [7, 11) is 0. The molecule has 0 fully saturated rings. The largest absolute Gasteiger partial charge is 0.378 e. The van der Waals surface area contributed by atoms with Crippen molar-refractivity contribution in [3.63, 3.8) is 0 Å². The van der Waals surface area contributed by atoms with Gasteiger partial charge in [0.2, 0.25) is 0 Å². The van der Waals surface area contributed by atoms with Gasteiger partial charge in [0.15, 0.2) is 6.10 Å². The Kier molecular flexibility index (Phi) is 4.80. The molecule has 0 saturated heterocycles. The molecule has 0 spiro atoms. The van der Waals surface area contributed by atoms with E-state index in [4.69, 9.17) is 0 Å². The van der Waals surface area contributed by atoms with Crippen molar-refractivity contribution in [2.24, 2.45) is 0 Å². The molecule has 0 aliphatic carbocycles. The highest BCUT2D eigenvalue weighted by molar-refractivity contribution is 7.09. The molecule has 23 heavy (non-hydrogen) atoms. The maximum Gasteiger partial charge on any atom is 0.253 e. The molecule has 0 aliphatic rings. The summed E-state index contributed by atoms with van der Waals surface area (Å²) in [6, 6.07) is 18.8. The third-order valence-corrected chi connectivity index (χ3v) is 4.25. The molecule has 2 aromatic carbocycles. The van der Waals surface area contributed by atoms with Crippen LogP contribution in [0, 0.1) is 0 Å². The SMILES string of the molecule is O=C(NCc1nc(-c2ccccc2)cs1)C(O)c1ccccc1.